The van der Waals surface area contributed by atoms with Gasteiger partial charge in [-0.2, -0.15) is 11.8 Å². The van der Waals surface area contributed by atoms with Crippen LogP contribution in [0.1, 0.15) is 31.0 Å². The fourth-order valence-electron chi connectivity index (χ4n) is 1.63. The molecule has 3 N–H and O–H groups in total. The molecule has 16 heavy (non-hydrogen) atoms. The number of hydrogen-bond acceptors (Lipinski definition) is 3. The molecular weight excluding hydrogens is 216 g/mol. The van der Waals surface area contributed by atoms with Crippen molar-refractivity contribution >= 4 is 11.8 Å². The normalized spacial score (nSPS) is 13.1. The van der Waals surface area contributed by atoms with E-state index >= 15 is 0 Å². The molecule has 0 fully saturated rings. The highest BCUT2D eigenvalue weighted by Gasteiger charge is 2.11. The van der Waals surface area contributed by atoms with Gasteiger partial charge in [-0.25, -0.2) is 0 Å². The third-order valence-corrected chi connectivity index (χ3v) is 3.97. The second kappa shape index (κ2) is 6.94. The highest BCUT2D eigenvalue weighted by Crippen LogP contribution is 2.21. The summed E-state index contributed by atoms with van der Waals surface area (Å²) in [5, 5.41) is 0. The lowest BCUT2D eigenvalue weighted by Crippen LogP contribution is -2.30. The number of nitrogens with two attached hydrogens (primary N) is 1. The average molecular weight is 238 g/mol. The van der Waals surface area contributed by atoms with E-state index in [0.717, 1.165) is 11.7 Å². The predicted molar refractivity (Wildman–Crippen MR) is 73.4 cm³/mol. The van der Waals surface area contributed by atoms with Gasteiger partial charge in [-0.3, -0.25) is 11.3 Å². The van der Waals surface area contributed by atoms with Gasteiger partial charge in [-0.1, -0.05) is 38.1 Å². The Kier molecular flexibility index (Phi) is 5.88. The standard InChI is InChI=1S/C13H22N2S/c1-10(2)8-16-9-13(15-14)12-7-5-4-6-11(12)3/h4-7,10,13,15H,8-9,14H2,1-3H3. The predicted octanol–water partition coefficient (Wildman–Crippen LogP) is 2.89. The van der Waals surface area contributed by atoms with Crippen molar-refractivity contribution in [3.63, 3.8) is 0 Å². The fourth-order valence-corrected chi connectivity index (χ4v) is 2.75. The third kappa shape index (κ3) is 4.16. The molecule has 0 aromatic heterocycles. The summed E-state index contributed by atoms with van der Waals surface area (Å²) in [7, 11) is 0. The maximum atomic E-state index is 5.63. The van der Waals surface area contributed by atoms with Gasteiger partial charge in [0.2, 0.25) is 0 Å². The van der Waals surface area contributed by atoms with Crippen molar-refractivity contribution in [2.24, 2.45) is 11.8 Å². The van der Waals surface area contributed by atoms with Gasteiger partial charge in [0.15, 0.2) is 0 Å². The second-order valence-electron chi connectivity index (χ2n) is 4.51. The number of hydrazine groups is 1. The van der Waals surface area contributed by atoms with Crippen LogP contribution in [0.2, 0.25) is 0 Å². The summed E-state index contributed by atoms with van der Waals surface area (Å²) < 4.78 is 0. The maximum absolute atomic E-state index is 5.63. The van der Waals surface area contributed by atoms with Gasteiger partial charge in [0, 0.05) is 5.75 Å². The van der Waals surface area contributed by atoms with Crippen molar-refractivity contribution < 1.29 is 0 Å². The number of benzene rings is 1. The van der Waals surface area contributed by atoms with Crippen molar-refractivity contribution in [1.82, 2.24) is 5.43 Å². The van der Waals surface area contributed by atoms with E-state index in [2.05, 4.69) is 50.5 Å². The summed E-state index contributed by atoms with van der Waals surface area (Å²) in [5.41, 5.74) is 5.52. The molecule has 0 saturated carbocycles. The number of nitrogens with one attached hydrogen (secondary N) is 1. The summed E-state index contributed by atoms with van der Waals surface area (Å²) >= 11 is 1.96. The van der Waals surface area contributed by atoms with Crippen LogP contribution in [-0.2, 0) is 0 Å². The van der Waals surface area contributed by atoms with Gasteiger partial charge < -0.3 is 0 Å². The zero-order valence-corrected chi connectivity index (χ0v) is 11.2. The van der Waals surface area contributed by atoms with Crippen LogP contribution < -0.4 is 11.3 Å². The molecule has 0 aliphatic carbocycles. The Bertz CT molecular complexity index is 313. The average Bonchev–Trinajstić information content (AvgIpc) is 2.25. The minimum atomic E-state index is 0.255. The van der Waals surface area contributed by atoms with E-state index in [0.29, 0.717) is 0 Å². The quantitative estimate of drug-likeness (QED) is 0.591. The summed E-state index contributed by atoms with van der Waals surface area (Å²) in [4.78, 5) is 0. The van der Waals surface area contributed by atoms with E-state index in [-0.39, 0.29) is 6.04 Å². The van der Waals surface area contributed by atoms with Gasteiger partial charge >= 0.3 is 0 Å². The van der Waals surface area contributed by atoms with E-state index in [1.807, 2.05) is 11.8 Å². The Balaban J connectivity index is 2.57. The summed E-state index contributed by atoms with van der Waals surface area (Å²) in [6.45, 7) is 6.62. The molecule has 0 amide bonds. The SMILES string of the molecule is Cc1ccccc1C(CSCC(C)C)NN. The molecule has 3 heteroatoms. The molecule has 90 valence electrons. The zero-order valence-electron chi connectivity index (χ0n) is 10.4. The number of thioether (sulfide) groups is 1. The second-order valence-corrected chi connectivity index (χ2v) is 5.58. The highest BCUT2D eigenvalue weighted by molar-refractivity contribution is 7.99. The van der Waals surface area contributed by atoms with Crippen LogP contribution in [-0.4, -0.2) is 11.5 Å². The molecule has 1 rings (SSSR count). The Morgan fingerprint density at radius 2 is 1.94 bits per heavy atom. The lowest BCUT2D eigenvalue weighted by atomic mass is 10.0. The minimum Gasteiger partial charge on any atom is -0.271 e. The van der Waals surface area contributed by atoms with Crippen LogP contribution in [0.25, 0.3) is 0 Å². The molecular formula is C13H22N2S. The summed E-state index contributed by atoms with van der Waals surface area (Å²) in [5.74, 6) is 8.58. The van der Waals surface area contributed by atoms with Crippen molar-refractivity contribution in [2.75, 3.05) is 11.5 Å². The van der Waals surface area contributed by atoms with E-state index in [1.165, 1.54) is 16.9 Å². The topological polar surface area (TPSA) is 38.0 Å². The number of rotatable bonds is 6. The van der Waals surface area contributed by atoms with Crippen LogP contribution in [0.4, 0.5) is 0 Å². The number of aryl methyl sites for hydroxylation is 1. The Morgan fingerprint density at radius 3 is 2.50 bits per heavy atom. The smallest absolute Gasteiger partial charge is 0.0552 e. The van der Waals surface area contributed by atoms with E-state index in [4.69, 9.17) is 5.84 Å². The van der Waals surface area contributed by atoms with Gasteiger partial charge in [0.1, 0.15) is 0 Å². The molecule has 0 heterocycles. The molecule has 0 aliphatic rings. The molecule has 1 aromatic rings. The minimum absolute atomic E-state index is 0.255. The van der Waals surface area contributed by atoms with Crippen molar-refractivity contribution in [3.05, 3.63) is 35.4 Å². The van der Waals surface area contributed by atoms with E-state index in [9.17, 15) is 0 Å². The molecule has 0 saturated heterocycles. The molecule has 1 aromatic carbocycles. The molecule has 0 aliphatic heterocycles. The monoisotopic (exact) mass is 238 g/mol. The van der Waals surface area contributed by atoms with Crippen LogP contribution in [0.15, 0.2) is 24.3 Å². The van der Waals surface area contributed by atoms with Crippen LogP contribution >= 0.6 is 11.8 Å². The molecule has 2 nitrogen and oxygen atoms in total. The molecule has 1 unspecified atom stereocenters. The van der Waals surface area contributed by atoms with Crippen LogP contribution in [0.5, 0.6) is 0 Å². The maximum Gasteiger partial charge on any atom is 0.0552 e. The zero-order chi connectivity index (χ0) is 12.0. The first-order chi connectivity index (χ1) is 7.65. The van der Waals surface area contributed by atoms with Gasteiger partial charge in [0.25, 0.3) is 0 Å². The summed E-state index contributed by atoms with van der Waals surface area (Å²) in [6.07, 6.45) is 0. The van der Waals surface area contributed by atoms with Crippen molar-refractivity contribution in [1.29, 1.82) is 0 Å². The van der Waals surface area contributed by atoms with Gasteiger partial charge in [0.05, 0.1) is 6.04 Å². The Labute approximate surface area is 103 Å². The summed E-state index contributed by atoms with van der Waals surface area (Å²) in [6, 6.07) is 8.67. The third-order valence-electron chi connectivity index (χ3n) is 2.50. The first-order valence-electron chi connectivity index (χ1n) is 5.74. The van der Waals surface area contributed by atoms with Crippen LogP contribution in [0, 0.1) is 12.8 Å². The van der Waals surface area contributed by atoms with Gasteiger partial charge in [-0.15, -0.1) is 0 Å². The van der Waals surface area contributed by atoms with Gasteiger partial charge in [-0.05, 0) is 29.7 Å². The number of hydrogen-bond donors (Lipinski definition) is 2. The largest absolute Gasteiger partial charge is 0.271 e. The molecule has 0 spiro atoms. The first-order valence-corrected chi connectivity index (χ1v) is 6.90. The molecule has 0 bridgehead atoms. The highest BCUT2D eigenvalue weighted by atomic mass is 32.2. The lowest BCUT2D eigenvalue weighted by molar-refractivity contribution is 0.606. The Morgan fingerprint density at radius 1 is 1.25 bits per heavy atom. The van der Waals surface area contributed by atoms with Crippen molar-refractivity contribution in [3.8, 4) is 0 Å². The first kappa shape index (κ1) is 13.6. The van der Waals surface area contributed by atoms with Crippen molar-refractivity contribution in [2.45, 2.75) is 26.8 Å². The van der Waals surface area contributed by atoms with Crippen LogP contribution in [0.3, 0.4) is 0 Å². The van der Waals surface area contributed by atoms with E-state index in [1.54, 1.807) is 0 Å². The lowest BCUT2D eigenvalue weighted by Gasteiger charge is -2.18. The Hall–Kier alpha value is -0.510. The molecule has 0 radical (unpaired) electrons. The molecule has 1 atom stereocenters. The fraction of sp³-hybridized carbons (Fsp3) is 0.538. The van der Waals surface area contributed by atoms with E-state index < -0.39 is 0 Å².